The molecule has 3 aromatic rings. The SMILES string of the molecule is COCCOc1ccc(-c2noc(C3CCCN3Cc3ccc(C#N)cc3)n2)cn1. The largest absolute Gasteiger partial charge is 0.475 e. The molecule has 0 aliphatic carbocycles. The molecule has 0 spiro atoms. The zero-order valence-corrected chi connectivity index (χ0v) is 16.8. The van der Waals surface area contributed by atoms with Crippen molar-refractivity contribution in [3.63, 3.8) is 0 Å². The van der Waals surface area contributed by atoms with Gasteiger partial charge in [0, 0.05) is 31.5 Å². The molecule has 1 fully saturated rings. The summed E-state index contributed by atoms with van der Waals surface area (Å²) in [6.45, 7) is 2.71. The van der Waals surface area contributed by atoms with Gasteiger partial charge in [0.1, 0.15) is 6.61 Å². The minimum absolute atomic E-state index is 0.0894. The number of methoxy groups -OCH3 is 1. The van der Waals surface area contributed by atoms with Gasteiger partial charge >= 0.3 is 0 Å². The monoisotopic (exact) mass is 405 g/mol. The van der Waals surface area contributed by atoms with E-state index in [1.165, 1.54) is 0 Å². The number of hydrogen-bond donors (Lipinski definition) is 0. The van der Waals surface area contributed by atoms with Crippen molar-refractivity contribution in [3.05, 3.63) is 59.6 Å². The highest BCUT2D eigenvalue weighted by Gasteiger charge is 2.30. The van der Waals surface area contributed by atoms with E-state index < -0.39 is 0 Å². The minimum atomic E-state index is 0.0894. The maximum absolute atomic E-state index is 8.96. The van der Waals surface area contributed by atoms with Gasteiger partial charge in [-0.05, 0) is 43.1 Å². The van der Waals surface area contributed by atoms with Crippen molar-refractivity contribution in [1.82, 2.24) is 20.0 Å². The van der Waals surface area contributed by atoms with Crippen molar-refractivity contribution < 1.29 is 14.0 Å². The van der Waals surface area contributed by atoms with Crippen molar-refractivity contribution >= 4 is 0 Å². The maximum Gasteiger partial charge on any atom is 0.244 e. The fraction of sp³-hybridized carbons (Fsp3) is 0.364. The second-order valence-corrected chi connectivity index (χ2v) is 7.12. The normalized spacial score (nSPS) is 16.5. The third-order valence-electron chi connectivity index (χ3n) is 5.09. The van der Waals surface area contributed by atoms with E-state index in [9.17, 15) is 0 Å². The molecule has 30 heavy (non-hydrogen) atoms. The number of ether oxygens (including phenoxy) is 2. The van der Waals surface area contributed by atoms with Gasteiger partial charge in [-0.2, -0.15) is 10.2 Å². The first-order chi connectivity index (χ1) is 14.8. The third-order valence-corrected chi connectivity index (χ3v) is 5.09. The topological polar surface area (TPSA) is 97.3 Å². The van der Waals surface area contributed by atoms with E-state index in [2.05, 4.69) is 26.1 Å². The number of hydrogen-bond acceptors (Lipinski definition) is 8. The number of nitrogens with zero attached hydrogens (tertiary/aromatic N) is 5. The number of aromatic nitrogens is 3. The van der Waals surface area contributed by atoms with E-state index in [-0.39, 0.29) is 6.04 Å². The number of benzene rings is 1. The standard InChI is InChI=1S/C22H23N5O3/c1-28-11-12-29-20-9-8-18(14-24-20)21-25-22(30-26-21)19-3-2-10-27(19)15-17-6-4-16(13-23)5-7-17/h4-9,14,19H,2-3,10-12,15H2,1H3. The highest BCUT2D eigenvalue weighted by Crippen LogP contribution is 2.33. The van der Waals surface area contributed by atoms with Crippen LogP contribution in [0.15, 0.2) is 47.1 Å². The van der Waals surface area contributed by atoms with Crippen LogP contribution < -0.4 is 4.74 Å². The molecule has 1 atom stereocenters. The van der Waals surface area contributed by atoms with Gasteiger partial charge in [-0.15, -0.1) is 0 Å². The summed E-state index contributed by atoms with van der Waals surface area (Å²) in [4.78, 5) is 11.2. The lowest BCUT2D eigenvalue weighted by Crippen LogP contribution is -2.23. The van der Waals surface area contributed by atoms with Gasteiger partial charge in [-0.1, -0.05) is 17.3 Å². The molecule has 0 saturated carbocycles. The van der Waals surface area contributed by atoms with Crippen molar-refractivity contribution in [1.29, 1.82) is 5.26 Å². The summed E-state index contributed by atoms with van der Waals surface area (Å²) in [6.07, 6.45) is 3.73. The Bertz CT molecular complexity index is 995. The van der Waals surface area contributed by atoms with Crippen LogP contribution in [0.4, 0.5) is 0 Å². The van der Waals surface area contributed by atoms with E-state index in [1.807, 2.05) is 30.3 Å². The van der Waals surface area contributed by atoms with Crippen LogP contribution in [-0.4, -0.2) is 46.9 Å². The molecule has 8 nitrogen and oxygen atoms in total. The van der Waals surface area contributed by atoms with Crippen molar-refractivity contribution in [2.24, 2.45) is 0 Å². The first kappa shape index (κ1) is 20.0. The fourth-order valence-corrected chi connectivity index (χ4v) is 3.53. The lowest BCUT2D eigenvalue weighted by atomic mass is 10.1. The number of pyridine rings is 1. The lowest BCUT2D eigenvalue weighted by Gasteiger charge is -2.21. The van der Waals surface area contributed by atoms with E-state index >= 15 is 0 Å². The predicted molar refractivity (Wildman–Crippen MR) is 108 cm³/mol. The van der Waals surface area contributed by atoms with Crippen molar-refractivity contribution in [2.75, 3.05) is 26.9 Å². The minimum Gasteiger partial charge on any atom is -0.475 e. The van der Waals surface area contributed by atoms with Crippen molar-refractivity contribution in [2.45, 2.75) is 25.4 Å². The zero-order valence-electron chi connectivity index (χ0n) is 16.8. The van der Waals surface area contributed by atoms with Crippen LogP contribution in [0.5, 0.6) is 5.88 Å². The average Bonchev–Trinajstić information content (AvgIpc) is 3.44. The molecule has 0 amide bonds. The molecule has 154 valence electrons. The zero-order chi connectivity index (χ0) is 20.8. The molecule has 1 unspecified atom stereocenters. The Labute approximate surface area is 175 Å². The van der Waals surface area contributed by atoms with Gasteiger partial charge < -0.3 is 14.0 Å². The number of likely N-dealkylation sites (tertiary alicyclic amines) is 1. The van der Waals surface area contributed by atoms with Gasteiger partial charge in [0.25, 0.3) is 0 Å². The summed E-state index contributed by atoms with van der Waals surface area (Å²) >= 11 is 0. The van der Waals surface area contributed by atoms with Gasteiger partial charge in [-0.25, -0.2) is 4.98 Å². The van der Waals surface area contributed by atoms with E-state index in [0.29, 0.717) is 36.4 Å². The van der Waals surface area contributed by atoms with Crippen LogP contribution in [0.2, 0.25) is 0 Å². The summed E-state index contributed by atoms with van der Waals surface area (Å²) in [5.41, 5.74) is 2.61. The summed E-state index contributed by atoms with van der Waals surface area (Å²) in [6, 6.07) is 13.6. The smallest absolute Gasteiger partial charge is 0.244 e. The number of nitriles is 1. The Morgan fingerprint density at radius 1 is 1.20 bits per heavy atom. The Balaban J connectivity index is 1.42. The second kappa shape index (κ2) is 9.48. The summed E-state index contributed by atoms with van der Waals surface area (Å²) in [7, 11) is 1.63. The Kier molecular flexibility index (Phi) is 6.32. The molecule has 1 aliphatic rings. The van der Waals surface area contributed by atoms with E-state index in [1.54, 1.807) is 19.4 Å². The molecule has 8 heteroatoms. The van der Waals surface area contributed by atoms with Gasteiger partial charge in [0.2, 0.25) is 17.6 Å². The van der Waals surface area contributed by atoms with Crippen LogP contribution >= 0.6 is 0 Å². The van der Waals surface area contributed by atoms with E-state index in [0.717, 1.165) is 37.1 Å². The highest BCUT2D eigenvalue weighted by atomic mass is 16.5. The molecule has 2 aromatic heterocycles. The van der Waals surface area contributed by atoms with Gasteiger partial charge in [0.05, 0.1) is 24.3 Å². The average molecular weight is 405 g/mol. The van der Waals surface area contributed by atoms with Crippen LogP contribution in [-0.2, 0) is 11.3 Å². The predicted octanol–water partition coefficient (Wildman–Crippen LogP) is 3.37. The van der Waals surface area contributed by atoms with Gasteiger partial charge in [0.15, 0.2) is 0 Å². The Morgan fingerprint density at radius 3 is 2.80 bits per heavy atom. The second-order valence-electron chi connectivity index (χ2n) is 7.12. The fourth-order valence-electron chi connectivity index (χ4n) is 3.53. The molecule has 1 aromatic carbocycles. The van der Waals surface area contributed by atoms with Crippen LogP contribution in [0, 0.1) is 11.3 Å². The van der Waals surface area contributed by atoms with Crippen LogP contribution in [0.25, 0.3) is 11.4 Å². The molecule has 1 saturated heterocycles. The summed E-state index contributed by atoms with van der Waals surface area (Å²) < 4.78 is 16.0. The third kappa shape index (κ3) is 4.64. The summed E-state index contributed by atoms with van der Waals surface area (Å²) in [5.74, 6) is 1.67. The summed E-state index contributed by atoms with van der Waals surface area (Å²) in [5, 5.41) is 13.1. The van der Waals surface area contributed by atoms with Crippen LogP contribution in [0.1, 0.15) is 35.9 Å². The molecule has 0 N–H and O–H groups in total. The quantitative estimate of drug-likeness (QED) is 0.526. The Morgan fingerprint density at radius 2 is 2.07 bits per heavy atom. The van der Waals surface area contributed by atoms with Crippen molar-refractivity contribution in [3.8, 4) is 23.3 Å². The molecular formula is C22H23N5O3. The molecule has 4 rings (SSSR count). The molecule has 0 bridgehead atoms. The van der Waals surface area contributed by atoms with Crippen LogP contribution in [0.3, 0.4) is 0 Å². The van der Waals surface area contributed by atoms with E-state index in [4.69, 9.17) is 19.3 Å². The maximum atomic E-state index is 8.96. The highest BCUT2D eigenvalue weighted by molar-refractivity contribution is 5.53. The molecule has 0 radical (unpaired) electrons. The van der Waals surface area contributed by atoms with Gasteiger partial charge in [-0.3, -0.25) is 4.90 Å². The first-order valence-corrected chi connectivity index (χ1v) is 9.91. The lowest BCUT2D eigenvalue weighted by molar-refractivity contribution is 0.144. The number of rotatable bonds is 8. The Hall–Kier alpha value is -3.28. The first-order valence-electron chi connectivity index (χ1n) is 9.91. The molecule has 1 aliphatic heterocycles. The molecule has 3 heterocycles. The molecular weight excluding hydrogens is 382 g/mol.